The minimum absolute atomic E-state index is 0.0388. The molecule has 2 amide bonds. The van der Waals surface area contributed by atoms with Crippen molar-refractivity contribution >= 4 is 52.5 Å². The van der Waals surface area contributed by atoms with Gasteiger partial charge in [0.15, 0.2) is 5.11 Å². The van der Waals surface area contributed by atoms with Crippen molar-refractivity contribution < 1.29 is 29.4 Å². The van der Waals surface area contributed by atoms with E-state index >= 15 is 0 Å². The van der Waals surface area contributed by atoms with Crippen LogP contribution >= 0.6 is 12.2 Å². The van der Waals surface area contributed by atoms with Gasteiger partial charge in [0, 0.05) is 11.4 Å². The lowest BCUT2D eigenvalue weighted by molar-refractivity contribution is -0.142. The SMILES string of the molecule is CC(C)CC(C(=O)NC(CC=CCC(NC(=O)Cc1ccccc1)C(=O)O)C(=O)O)c1ccc(NC(=S)Nc2ccccc2)cc1. The number of carboxylic acid groups (broad SMARTS) is 2. The van der Waals surface area contributed by atoms with Crippen LogP contribution in [0.2, 0.25) is 0 Å². The number of hydrogen-bond donors (Lipinski definition) is 6. The molecule has 10 nitrogen and oxygen atoms in total. The van der Waals surface area contributed by atoms with E-state index in [2.05, 4.69) is 21.3 Å². The molecule has 3 unspecified atom stereocenters. The average Bonchev–Trinajstić information content (AvgIpc) is 3.01. The van der Waals surface area contributed by atoms with Gasteiger partial charge in [-0.3, -0.25) is 9.59 Å². The summed E-state index contributed by atoms with van der Waals surface area (Å²) in [6, 6.07) is 23.3. The minimum Gasteiger partial charge on any atom is -0.480 e. The molecule has 0 saturated heterocycles. The van der Waals surface area contributed by atoms with Gasteiger partial charge in [-0.05, 0) is 72.8 Å². The zero-order valence-corrected chi connectivity index (χ0v) is 26.6. The third-order valence-electron chi connectivity index (χ3n) is 6.99. The van der Waals surface area contributed by atoms with Crippen molar-refractivity contribution in [1.82, 2.24) is 10.6 Å². The van der Waals surface area contributed by atoms with Crippen LogP contribution in [0.5, 0.6) is 0 Å². The molecular formula is C35H40N4O6S. The summed E-state index contributed by atoms with van der Waals surface area (Å²) in [6.07, 6.45) is 3.43. The largest absolute Gasteiger partial charge is 0.480 e. The lowest BCUT2D eigenvalue weighted by Crippen LogP contribution is -2.43. The van der Waals surface area contributed by atoms with Gasteiger partial charge < -0.3 is 31.5 Å². The average molecular weight is 645 g/mol. The maximum Gasteiger partial charge on any atom is 0.326 e. The maximum absolute atomic E-state index is 13.4. The predicted molar refractivity (Wildman–Crippen MR) is 183 cm³/mol. The molecule has 0 aliphatic heterocycles. The summed E-state index contributed by atoms with van der Waals surface area (Å²) in [4.78, 5) is 49.5. The topological polar surface area (TPSA) is 157 Å². The Morgan fingerprint density at radius 2 is 1.22 bits per heavy atom. The van der Waals surface area contributed by atoms with Crippen molar-refractivity contribution in [2.75, 3.05) is 10.6 Å². The summed E-state index contributed by atoms with van der Waals surface area (Å²) in [6.45, 7) is 3.97. The van der Waals surface area contributed by atoms with Crippen molar-refractivity contribution in [3.63, 3.8) is 0 Å². The quantitative estimate of drug-likeness (QED) is 0.0895. The van der Waals surface area contributed by atoms with E-state index in [1.165, 1.54) is 12.2 Å². The van der Waals surface area contributed by atoms with Crippen LogP contribution in [0.3, 0.4) is 0 Å². The van der Waals surface area contributed by atoms with E-state index in [0.29, 0.717) is 11.5 Å². The van der Waals surface area contributed by atoms with Crippen LogP contribution in [-0.2, 0) is 25.6 Å². The van der Waals surface area contributed by atoms with Crippen LogP contribution in [0, 0.1) is 5.92 Å². The van der Waals surface area contributed by atoms with Crippen molar-refractivity contribution in [2.24, 2.45) is 5.92 Å². The molecule has 0 spiro atoms. The number of thiocarbonyl (C=S) groups is 1. The minimum atomic E-state index is -1.23. The fraction of sp³-hybridized carbons (Fsp3) is 0.286. The molecule has 3 atom stereocenters. The second kappa shape index (κ2) is 18.1. The van der Waals surface area contributed by atoms with Crippen LogP contribution in [0.25, 0.3) is 0 Å². The van der Waals surface area contributed by atoms with Gasteiger partial charge in [-0.25, -0.2) is 9.59 Å². The molecule has 0 radical (unpaired) electrons. The number of hydrogen-bond acceptors (Lipinski definition) is 5. The van der Waals surface area contributed by atoms with Crippen LogP contribution < -0.4 is 21.3 Å². The first-order valence-electron chi connectivity index (χ1n) is 15.0. The Bertz CT molecular complexity index is 1500. The Hall–Kier alpha value is -5.03. The Labute approximate surface area is 274 Å². The molecule has 6 N–H and O–H groups in total. The molecule has 0 fully saturated rings. The third kappa shape index (κ3) is 12.2. The summed E-state index contributed by atoms with van der Waals surface area (Å²) >= 11 is 5.39. The summed E-state index contributed by atoms with van der Waals surface area (Å²) in [7, 11) is 0. The fourth-order valence-electron chi connectivity index (χ4n) is 4.69. The summed E-state index contributed by atoms with van der Waals surface area (Å²) in [5.74, 6) is -3.72. The zero-order chi connectivity index (χ0) is 33.5. The highest BCUT2D eigenvalue weighted by atomic mass is 32.1. The molecule has 242 valence electrons. The van der Waals surface area contributed by atoms with Gasteiger partial charge in [0.2, 0.25) is 11.8 Å². The number of amides is 2. The highest BCUT2D eigenvalue weighted by molar-refractivity contribution is 7.80. The van der Waals surface area contributed by atoms with E-state index in [0.717, 1.165) is 22.5 Å². The van der Waals surface area contributed by atoms with Crippen molar-refractivity contribution in [3.8, 4) is 0 Å². The molecule has 0 saturated carbocycles. The number of rotatable bonds is 16. The molecule has 0 aromatic heterocycles. The van der Waals surface area contributed by atoms with Crippen molar-refractivity contribution in [1.29, 1.82) is 0 Å². The van der Waals surface area contributed by atoms with E-state index in [-0.39, 0.29) is 25.2 Å². The number of nitrogens with one attached hydrogen (secondary N) is 4. The number of carbonyl (C=O) groups is 4. The van der Waals surface area contributed by atoms with Gasteiger partial charge in [-0.2, -0.15) is 0 Å². The lowest BCUT2D eigenvalue weighted by Gasteiger charge is -2.22. The van der Waals surface area contributed by atoms with Gasteiger partial charge in [-0.15, -0.1) is 0 Å². The smallest absolute Gasteiger partial charge is 0.326 e. The highest BCUT2D eigenvalue weighted by Gasteiger charge is 2.27. The van der Waals surface area contributed by atoms with Crippen LogP contribution in [-0.4, -0.2) is 51.2 Å². The summed E-state index contributed by atoms with van der Waals surface area (Å²) in [5, 5.41) is 31.1. The van der Waals surface area contributed by atoms with E-state index in [1.807, 2.05) is 74.5 Å². The molecule has 3 rings (SSSR count). The van der Waals surface area contributed by atoms with Crippen molar-refractivity contribution in [2.45, 2.75) is 57.5 Å². The number of benzene rings is 3. The van der Waals surface area contributed by atoms with Gasteiger partial charge in [0.05, 0.1) is 12.3 Å². The molecule has 0 heterocycles. The molecule has 0 aliphatic carbocycles. The summed E-state index contributed by atoms with van der Waals surface area (Å²) in [5.41, 5.74) is 3.06. The summed E-state index contributed by atoms with van der Waals surface area (Å²) < 4.78 is 0. The lowest BCUT2D eigenvalue weighted by atomic mass is 9.89. The Balaban J connectivity index is 1.58. The first-order chi connectivity index (χ1) is 22.0. The van der Waals surface area contributed by atoms with Gasteiger partial charge >= 0.3 is 11.9 Å². The molecular weight excluding hydrogens is 604 g/mol. The van der Waals surface area contributed by atoms with Gasteiger partial charge in [-0.1, -0.05) is 86.7 Å². The van der Waals surface area contributed by atoms with E-state index < -0.39 is 41.8 Å². The number of carboxylic acids is 2. The third-order valence-corrected chi connectivity index (χ3v) is 7.20. The highest BCUT2D eigenvalue weighted by Crippen LogP contribution is 2.26. The monoisotopic (exact) mass is 644 g/mol. The molecule has 11 heteroatoms. The number of para-hydroxylation sites is 1. The predicted octanol–water partition coefficient (Wildman–Crippen LogP) is 5.34. The first-order valence-corrected chi connectivity index (χ1v) is 15.4. The normalized spacial score (nSPS) is 12.9. The van der Waals surface area contributed by atoms with Gasteiger partial charge in [0.1, 0.15) is 12.1 Å². The molecule has 46 heavy (non-hydrogen) atoms. The maximum atomic E-state index is 13.4. The van der Waals surface area contributed by atoms with Crippen LogP contribution in [0.1, 0.15) is 50.2 Å². The number of anilines is 2. The Morgan fingerprint density at radius 1 is 0.717 bits per heavy atom. The standard InChI is InChI=1S/C35H40N4O6S/c1-23(2)21-28(25-17-19-27(20-18-25)37-35(46)36-26-13-7-4-8-14-26)32(41)39-30(34(44)45)16-10-9-15-29(33(42)43)38-31(40)22-24-11-5-3-6-12-24/h3-14,17-20,23,28-30H,15-16,21-22H2,1-2H3,(H,38,40)(H,39,41)(H,42,43)(H,44,45)(H2,36,37,46). The molecule has 0 bridgehead atoms. The molecule has 0 aliphatic rings. The zero-order valence-electron chi connectivity index (χ0n) is 25.8. The van der Waals surface area contributed by atoms with E-state index in [4.69, 9.17) is 12.2 Å². The molecule has 3 aromatic rings. The van der Waals surface area contributed by atoms with Crippen molar-refractivity contribution in [3.05, 3.63) is 108 Å². The number of aliphatic carboxylic acids is 2. The van der Waals surface area contributed by atoms with Crippen LogP contribution in [0.4, 0.5) is 11.4 Å². The second-order valence-electron chi connectivity index (χ2n) is 11.2. The first kappa shape index (κ1) is 35.4. The van der Waals surface area contributed by atoms with Gasteiger partial charge in [0.25, 0.3) is 0 Å². The molecule has 3 aromatic carbocycles. The van der Waals surface area contributed by atoms with E-state index in [9.17, 15) is 29.4 Å². The van der Waals surface area contributed by atoms with Crippen LogP contribution in [0.15, 0.2) is 97.1 Å². The fourth-order valence-corrected chi connectivity index (χ4v) is 4.92. The second-order valence-corrected chi connectivity index (χ2v) is 11.6. The Kier molecular flexibility index (Phi) is 13.9. The van der Waals surface area contributed by atoms with E-state index in [1.54, 1.807) is 24.3 Å². The Morgan fingerprint density at radius 3 is 1.74 bits per heavy atom. The number of carbonyl (C=O) groups excluding carboxylic acids is 2.